The molecular weight excluding hydrogens is 174 g/mol. The molecule has 0 unspecified atom stereocenters. The number of hydrogen-bond acceptors (Lipinski definition) is 3. The zero-order valence-electron chi connectivity index (χ0n) is 8.45. The minimum atomic E-state index is 0.516. The van der Waals surface area contributed by atoms with Crippen molar-refractivity contribution in [1.82, 2.24) is 9.97 Å². The van der Waals surface area contributed by atoms with Crippen LogP contribution in [-0.2, 0) is 6.54 Å². The van der Waals surface area contributed by atoms with Crippen LogP contribution < -0.4 is 5.73 Å². The van der Waals surface area contributed by atoms with Crippen LogP contribution in [0, 0.1) is 0 Å². The van der Waals surface area contributed by atoms with Gasteiger partial charge in [0.25, 0.3) is 0 Å². The van der Waals surface area contributed by atoms with Crippen LogP contribution in [0.1, 0.15) is 49.5 Å². The molecule has 3 nitrogen and oxygen atoms in total. The van der Waals surface area contributed by atoms with Crippen LogP contribution in [0.15, 0.2) is 12.3 Å². The van der Waals surface area contributed by atoms with E-state index >= 15 is 0 Å². The highest BCUT2D eigenvalue weighted by Gasteiger charge is 2.17. The fourth-order valence-electron chi connectivity index (χ4n) is 2.08. The van der Waals surface area contributed by atoms with Gasteiger partial charge in [-0.15, -0.1) is 0 Å². The molecule has 0 aliphatic heterocycles. The molecule has 2 N–H and O–H groups in total. The lowest BCUT2D eigenvalue weighted by Crippen LogP contribution is -2.11. The second kappa shape index (κ2) is 4.51. The molecule has 0 spiro atoms. The lowest BCUT2D eigenvalue weighted by molar-refractivity contribution is 0.427. The summed E-state index contributed by atoms with van der Waals surface area (Å²) >= 11 is 0. The first kappa shape index (κ1) is 9.59. The van der Waals surface area contributed by atoms with Crippen molar-refractivity contribution in [2.75, 3.05) is 0 Å². The van der Waals surface area contributed by atoms with Crippen molar-refractivity contribution in [1.29, 1.82) is 0 Å². The van der Waals surface area contributed by atoms with Gasteiger partial charge in [0, 0.05) is 18.7 Å². The predicted octanol–water partition coefficient (Wildman–Crippen LogP) is 1.98. The second-order valence-corrected chi connectivity index (χ2v) is 3.95. The summed E-state index contributed by atoms with van der Waals surface area (Å²) in [4.78, 5) is 8.82. The van der Waals surface area contributed by atoms with Crippen molar-refractivity contribution in [3.63, 3.8) is 0 Å². The molecule has 1 aromatic rings. The maximum Gasteiger partial charge on any atom is 0.131 e. The highest BCUT2D eigenvalue weighted by molar-refractivity contribution is 5.05. The molecule has 0 saturated heterocycles. The van der Waals surface area contributed by atoms with Gasteiger partial charge in [-0.3, -0.25) is 0 Å². The van der Waals surface area contributed by atoms with E-state index in [9.17, 15) is 0 Å². The molecule has 2 rings (SSSR count). The van der Waals surface area contributed by atoms with Crippen molar-refractivity contribution in [2.24, 2.45) is 5.73 Å². The standard InChI is InChI=1S/C11H17N3/c12-8-10-6-7-13-11(14-10)9-4-2-1-3-5-9/h6-7,9H,1-5,8,12H2. The highest BCUT2D eigenvalue weighted by atomic mass is 14.9. The normalized spacial score (nSPS) is 18.4. The summed E-state index contributed by atoms with van der Waals surface area (Å²) < 4.78 is 0. The maximum absolute atomic E-state index is 5.56. The van der Waals surface area contributed by atoms with Gasteiger partial charge in [-0.05, 0) is 18.9 Å². The molecule has 0 atom stereocenters. The minimum absolute atomic E-state index is 0.516. The lowest BCUT2D eigenvalue weighted by Gasteiger charge is -2.20. The van der Waals surface area contributed by atoms with Gasteiger partial charge in [-0.2, -0.15) is 0 Å². The number of nitrogens with zero attached hydrogens (tertiary/aromatic N) is 2. The van der Waals surface area contributed by atoms with E-state index in [1.807, 2.05) is 12.3 Å². The van der Waals surface area contributed by atoms with Gasteiger partial charge in [0.2, 0.25) is 0 Å². The molecule has 76 valence electrons. The lowest BCUT2D eigenvalue weighted by atomic mass is 9.88. The van der Waals surface area contributed by atoms with E-state index < -0.39 is 0 Å². The van der Waals surface area contributed by atoms with E-state index in [0.717, 1.165) is 11.5 Å². The van der Waals surface area contributed by atoms with Crippen molar-refractivity contribution in [3.05, 3.63) is 23.8 Å². The molecular formula is C11H17N3. The SMILES string of the molecule is NCc1ccnc(C2CCCCC2)n1. The molecule has 1 aliphatic carbocycles. The van der Waals surface area contributed by atoms with Crippen LogP contribution >= 0.6 is 0 Å². The third-order valence-corrected chi connectivity index (χ3v) is 2.91. The summed E-state index contributed by atoms with van der Waals surface area (Å²) in [6, 6.07) is 1.90. The average Bonchev–Trinajstić information content (AvgIpc) is 2.30. The van der Waals surface area contributed by atoms with Crippen LogP contribution in [0.5, 0.6) is 0 Å². The number of aromatic nitrogens is 2. The maximum atomic E-state index is 5.56. The number of rotatable bonds is 2. The summed E-state index contributed by atoms with van der Waals surface area (Å²) in [5.41, 5.74) is 6.52. The van der Waals surface area contributed by atoms with Crippen LogP contribution in [0.2, 0.25) is 0 Å². The van der Waals surface area contributed by atoms with Crippen molar-refractivity contribution < 1.29 is 0 Å². The molecule has 1 fully saturated rings. The fourth-order valence-corrected chi connectivity index (χ4v) is 2.08. The van der Waals surface area contributed by atoms with Gasteiger partial charge in [0.15, 0.2) is 0 Å². The first-order valence-corrected chi connectivity index (χ1v) is 5.42. The van der Waals surface area contributed by atoms with Gasteiger partial charge in [-0.1, -0.05) is 19.3 Å². The largest absolute Gasteiger partial charge is 0.325 e. The smallest absolute Gasteiger partial charge is 0.131 e. The first-order chi connectivity index (χ1) is 6.90. The monoisotopic (exact) mass is 191 g/mol. The van der Waals surface area contributed by atoms with E-state index in [1.165, 1.54) is 32.1 Å². The summed E-state index contributed by atoms with van der Waals surface area (Å²) in [5, 5.41) is 0. The molecule has 0 aromatic carbocycles. The van der Waals surface area contributed by atoms with Gasteiger partial charge in [0.05, 0.1) is 5.69 Å². The van der Waals surface area contributed by atoms with Crippen LogP contribution in [0.3, 0.4) is 0 Å². The Morgan fingerprint density at radius 2 is 2.07 bits per heavy atom. The highest BCUT2D eigenvalue weighted by Crippen LogP contribution is 2.30. The minimum Gasteiger partial charge on any atom is -0.325 e. The Hall–Kier alpha value is -0.960. The fraction of sp³-hybridized carbons (Fsp3) is 0.636. The Kier molecular flexibility index (Phi) is 3.09. The van der Waals surface area contributed by atoms with E-state index in [1.54, 1.807) is 0 Å². The van der Waals surface area contributed by atoms with E-state index in [4.69, 9.17) is 5.73 Å². The van der Waals surface area contributed by atoms with Gasteiger partial charge >= 0.3 is 0 Å². The zero-order valence-corrected chi connectivity index (χ0v) is 8.45. The van der Waals surface area contributed by atoms with E-state index in [2.05, 4.69) is 9.97 Å². The molecule has 0 bridgehead atoms. The summed E-state index contributed by atoms with van der Waals surface area (Å²) in [7, 11) is 0. The van der Waals surface area contributed by atoms with Crippen LogP contribution in [0.4, 0.5) is 0 Å². The molecule has 1 aromatic heterocycles. The first-order valence-electron chi connectivity index (χ1n) is 5.42. The predicted molar refractivity (Wildman–Crippen MR) is 55.7 cm³/mol. The molecule has 0 amide bonds. The Bertz CT molecular complexity index is 292. The van der Waals surface area contributed by atoms with Crippen molar-refractivity contribution in [3.8, 4) is 0 Å². The molecule has 1 aliphatic rings. The molecule has 14 heavy (non-hydrogen) atoms. The van der Waals surface area contributed by atoms with Crippen molar-refractivity contribution in [2.45, 2.75) is 44.6 Å². The molecule has 0 radical (unpaired) electrons. The molecule has 3 heteroatoms. The van der Waals surface area contributed by atoms with Gasteiger partial charge in [0.1, 0.15) is 5.82 Å². The van der Waals surface area contributed by atoms with E-state index in [0.29, 0.717) is 12.5 Å². The Morgan fingerprint density at radius 3 is 2.79 bits per heavy atom. The van der Waals surface area contributed by atoms with Crippen LogP contribution in [-0.4, -0.2) is 9.97 Å². The second-order valence-electron chi connectivity index (χ2n) is 3.95. The van der Waals surface area contributed by atoms with E-state index in [-0.39, 0.29) is 0 Å². The third kappa shape index (κ3) is 2.10. The van der Waals surface area contributed by atoms with Crippen molar-refractivity contribution >= 4 is 0 Å². The Morgan fingerprint density at radius 1 is 1.29 bits per heavy atom. The summed E-state index contributed by atoms with van der Waals surface area (Å²) in [6.45, 7) is 0.516. The quantitative estimate of drug-likeness (QED) is 0.777. The third-order valence-electron chi connectivity index (χ3n) is 2.91. The zero-order chi connectivity index (χ0) is 9.80. The number of hydrogen-bond donors (Lipinski definition) is 1. The summed E-state index contributed by atoms with van der Waals surface area (Å²) in [5.74, 6) is 1.59. The molecule has 1 heterocycles. The summed E-state index contributed by atoms with van der Waals surface area (Å²) in [6.07, 6.45) is 8.33. The van der Waals surface area contributed by atoms with Gasteiger partial charge in [-0.25, -0.2) is 9.97 Å². The molecule has 1 saturated carbocycles. The van der Waals surface area contributed by atoms with Crippen LogP contribution in [0.25, 0.3) is 0 Å². The van der Waals surface area contributed by atoms with Gasteiger partial charge < -0.3 is 5.73 Å². The average molecular weight is 191 g/mol. The number of nitrogens with two attached hydrogens (primary N) is 1. The topological polar surface area (TPSA) is 51.8 Å². The Labute approximate surface area is 84.8 Å². The Balaban J connectivity index is 2.13.